The van der Waals surface area contributed by atoms with Crippen LogP contribution < -0.4 is 4.72 Å². The highest BCUT2D eigenvalue weighted by molar-refractivity contribution is 7.89. The number of nitrogens with zero attached hydrogens (tertiary/aromatic N) is 3. The minimum absolute atomic E-state index is 0.182. The van der Waals surface area contributed by atoms with E-state index < -0.39 is 10.0 Å². The molecule has 0 aliphatic carbocycles. The van der Waals surface area contributed by atoms with Gasteiger partial charge in [-0.2, -0.15) is 5.10 Å². The van der Waals surface area contributed by atoms with Crippen LogP contribution in [-0.2, 0) is 16.6 Å². The first-order valence-electron chi connectivity index (χ1n) is 9.02. The van der Waals surface area contributed by atoms with Gasteiger partial charge >= 0.3 is 0 Å². The Kier molecular flexibility index (Phi) is 4.93. The zero-order chi connectivity index (χ0) is 20.6. The van der Waals surface area contributed by atoms with Crippen LogP contribution in [0.25, 0.3) is 22.5 Å². The van der Waals surface area contributed by atoms with Crippen LogP contribution in [0.1, 0.15) is 19.4 Å². The molecule has 1 aromatic carbocycles. The van der Waals surface area contributed by atoms with E-state index in [2.05, 4.69) is 14.8 Å². The number of rotatable bonds is 6. The first-order valence-corrected chi connectivity index (χ1v) is 10.5. The molecule has 0 saturated carbocycles. The Hall–Kier alpha value is -3.04. The van der Waals surface area contributed by atoms with E-state index in [0.717, 1.165) is 0 Å². The number of aromatic nitrogens is 3. The topological polar surface area (TPSA) is 90.0 Å². The van der Waals surface area contributed by atoms with Gasteiger partial charge in [0.1, 0.15) is 11.5 Å². The highest BCUT2D eigenvalue weighted by Gasteiger charge is 2.23. The lowest BCUT2D eigenvalue weighted by atomic mass is 10.2. The molecule has 0 aliphatic heterocycles. The Morgan fingerprint density at radius 3 is 2.69 bits per heavy atom. The first kappa shape index (κ1) is 19.3. The maximum Gasteiger partial charge on any atom is 0.274 e. The van der Waals surface area contributed by atoms with E-state index in [0.29, 0.717) is 28.1 Å². The summed E-state index contributed by atoms with van der Waals surface area (Å²) in [5.74, 6) is -0.0424. The van der Waals surface area contributed by atoms with Gasteiger partial charge in [-0.1, -0.05) is 18.2 Å². The Morgan fingerprint density at radius 1 is 1.14 bits per heavy atom. The van der Waals surface area contributed by atoms with Crippen LogP contribution in [0.15, 0.2) is 64.2 Å². The number of sulfonamides is 1. The molecule has 0 saturated heterocycles. The van der Waals surface area contributed by atoms with Gasteiger partial charge in [0, 0.05) is 17.8 Å². The molecular weight excluding hydrogens is 395 g/mol. The van der Waals surface area contributed by atoms with Crippen molar-refractivity contribution >= 4 is 21.1 Å². The van der Waals surface area contributed by atoms with Gasteiger partial charge in [-0.3, -0.25) is 0 Å². The highest BCUT2D eigenvalue weighted by Crippen LogP contribution is 2.30. The number of nitrogens with one attached hydrogen (secondary N) is 1. The van der Waals surface area contributed by atoms with E-state index in [9.17, 15) is 12.8 Å². The molecule has 0 aliphatic rings. The second-order valence-electron chi connectivity index (χ2n) is 6.87. The summed E-state index contributed by atoms with van der Waals surface area (Å²) in [6.45, 7) is 3.64. The molecule has 3 heterocycles. The van der Waals surface area contributed by atoms with Crippen LogP contribution in [0, 0.1) is 5.82 Å². The zero-order valence-corrected chi connectivity index (χ0v) is 16.6. The minimum atomic E-state index is -3.76. The lowest BCUT2D eigenvalue weighted by molar-refractivity contribution is 0.452. The molecule has 0 spiro atoms. The summed E-state index contributed by atoms with van der Waals surface area (Å²) in [7, 11) is -3.76. The lowest BCUT2D eigenvalue weighted by Crippen LogP contribution is -2.29. The first-order chi connectivity index (χ1) is 13.8. The van der Waals surface area contributed by atoms with Gasteiger partial charge in [-0.25, -0.2) is 27.2 Å². The Labute approximate surface area is 167 Å². The van der Waals surface area contributed by atoms with Crippen molar-refractivity contribution in [3.05, 3.63) is 66.1 Å². The molecule has 9 heteroatoms. The third-order valence-electron chi connectivity index (χ3n) is 4.26. The van der Waals surface area contributed by atoms with Gasteiger partial charge in [0.05, 0.1) is 11.9 Å². The molecule has 0 unspecified atom stereocenters. The largest absolute Gasteiger partial charge is 0.442 e. The van der Waals surface area contributed by atoms with Crippen LogP contribution >= 0.6 is 0 Å². The van der Waals surface area contributed by atoms with Crippen LogP contribution in [0.5, 0.6) is 0 Å². The Balaban J connectivity index is 1.77. The van der Waals surface area contributed by atoms with Crippen LogP contribution in [0.4, 0.5) is 4.39 Å². The van der Waals surface area contributed by atoms with Crippen LogP contribution in [0.2, 0.25) is 0 Å². The summed E-state index contributed by atoms with van der Waals surface area (Å²) in [6, 6.07) is 12.7. The third-order valence-corrected chi connectivity index (χ3v) is 5.79. The summed E-state index contributed by atoms with van der Waals surface area (Å²) in [5, 5.41) is 5.02. The molecule has 4 aromatic rings. The molecule has 29 heavy (non-hydrogen) atoms. The number of hydrogen-bond donors (Lipinski definition) is 1. The summed E-state index contributed by atoms with van der Waals surface area (Å²) in [5.41, 5.74) is 1.46. The quantitative estimate of drug-likeness (QED) is 0.521. The fourth-order valence-corrected chi connectivity index (χ4v) is 4.23. The van der Waals surface area contributed by atoms with Crippen molar-refractivity contribution in [2.75, 3.05) is 0 Å². The third kappa shape index (κ3) is 3.79. The second-order valence-corrected chi connectivity index (χ2v) is 8.51. The maximum atomic E-state index is 14.1. The molecule has 7 nitrogen and oxygen atoms in total. The van der Waals surface area contributed by atoms with E-state index in [-0.39, 0.29) is 23.5 Å². The molecule has 0 atom stereocenters. The van der Waals surface area contributed by atoms with E-state index in [1.54, 1.807) is 55.1 Å². The predicted octanol–water partition coefficient (Wildman–Crippen LogP) is 3.57. The van der Waals surface area contributed by atoms with E-state index in [4.69, 9.17) is 4.42 Å². The second kappa shape index (κ2) is 7.41. The van der Waals surface area contributed by atoms with Gasteiger partial charge < -0.3 is 4.42 Å². The maximum absolute atomic E-state index is 14.1. The molecule has 0 radical (unpaired) electrons. The summed E-state index contributed by atoms with van der Waals surface area (Å²) < 4.78 is 48.4. The summed E-state index contributed by atoms with van der Waals surface area (Å²) in [6.07, 6.45) is 1.62. The Bertz CT molecular complexity index is 1280. The van der Waals surface area contributed by atoms with Crippen LogP contribution in [0.3, 0.4) is 0 Å². The van der Waals surface area contributed by atoms with Crippen molar-refractivity contribution in [3.63, 3.8) is 0 Å². The molecular formula is C20H19FN4O3S. The van der Waals surface area contributed by atoms with E-state index >= 15 is 0 Å². The number of hydrogen-bond acceptors (Lipinski definition) is 5. The molecule has 0 amide bonds. The van der Waals surface area contributed by atoms with Crippen molar-refractivity contribution in [2.45, 2.75) is 31.5 Å². The highest BCUT2D eigenvalue weighted by atomic mass is 32.2. The van der Waals surface area contributed by atoms with Crippen molar-refractivity contribution in [1.29, 1.82) is 0 Å². The standard InChI is InChI=1S/C20H19FN4O3S/c1-13(2)24-29(26,27)18-10-9-17(28-18)19-15-7-5-11-22-20(15)25(23-19)12-14-6-3-4-8-16(14)21/h3-11,13,24H,12H2,1-2H3. The van der Waals surface area contributed by atoms with Gasteiger partial charge in [-0.15, -0.1) is 0 Å². The number of halogens is 1. The van der Waals surface area contributed by atoms with Gasteiger partial charge in [0.2, 0.25) is 5.09 Å². The van der Waals surface area contributed by atoms with E-state index in [1.807, 2.05) is 6.07 Å². The summed E-state index contributed by atoms with van der Waals surface area (Å²) >= 11 is 0. The van der Waals surface area contributed by atoms with Crippen molar-refractivity contribution in [2.24, 2.45) is 0 Å². The van der Waals surface area contributed by atoms with Gasteiger partial charge in [0.25, 0.3) is 10.0 Å². The minimum Gasteiger partial charge on any atom is -0.442 e. The van der Waals surface area contributed by atoms with Gasteiger partial charge in [-0.05, 0) is 44.2 Å². The molecule has 0 fully saturated rings. The fraction of sp³-hybridized carbons (Fsp3) is 0.200. The normalized spacial score (nSPS) is 12.1. The van der Waals surface area contributed by atoms with E-state index in [1.165, 1.54) is 12.1 Å². The lowest BCUT2D eigenvalue weighted by Gasteiger charge is -2.06. The van der Waals surface area contributed by atoms with Crippen molar-refractivity contribution in [1.82, 2.24) is 19.5 Å². The molecule has 1 N–H and O–H groups in total. The Morgan fingerprint density at radius 2 is 1.93 bits per heavy atom. The number of fused-ring (bicyclic) bond motifs is 1. The monoisotopic (exact) mass is 414 g/mol. The van der Waals surface area contributed by atoms with Crippen molar-refractivity contribution < 1.29 is 17.2 Å². The zero-order valence-electron chi connectivity index (χ0n) is 15.8. The fourth-order valence-electron chi connectivity index (χ4n) is 3.05. The number of benzene rings is 1. The predicted molar refractivity (Wildman–Crippen MR) is 106 cm³/mol. The van der Waals surface area contributed by atoms with Crippen LogP contribution in [-0.4, -0.2) is 29.2 Å². The molecule has 4 rings (SSSR count). The number of pyridine rings is 1. The molecule has 3 aromatic heterocycles. The molecule has 0 bridgehead atoms. The van der Waals surface area contributed by atoms with Gasteiger partial charge in [0.15, 0.2) is 11.4 Å². The average molecular weight is 414 g/mol. The SMILES string of the molecule is CC(C)NS(=O)(=O)c1ccc(-c2nn(Cc3ccccc3F)c3ncccc23)o1. The number of furan rings is 1. The average Bonchev–Trinajstić information content (AvgIpc) is 3.29. The van der Waals surface area contributed by atoms with Crippen molar-refractivity contribution in [3.8, 4) is 11.5 Å². The smallest absolute Gasteiger partial charge is 0.274 e. The summed E-state index contributed by atoms with van der Waals surface area (Å²) in [4.78, 5) is 4.35. The molecule has 150 valence electrons.